The van der Waals surface area contributed by atoms with Gasteiger partial charge in [-0.15, -0.1) is 0 Å². The number of aliphatic hydroxyl groups is 2. The number of fused-ring (bicyclic) bond motifs is 5. The van der Waals surface area contributed by atoms with E-state index in [1.807, 2.05) is 27.7 Å². The highest BCUT2D eigenvalue weighted by atomic mass is 35.5. The maximum absolute atomic E-state index is 13.1. The van der Waals surface area contributed by atoms with Gasteiger partial charge in [0.2, 0.25) is 5.78 Å². The van der Waals surface area contributed by atoms with Crippen LogP contribution in [0.1, 0.15) is 47.0 Å². The molecule has 7 heteroatoms. The number of carbonyl (C=O) groups excluding carboxylic acids is 3. The summed E-state index contributed by atoms with van der Waals surface area (Å²) < 4.78 is 5.13. The molecule has 4 aliphatic carbocycles. The van der Waals surface area contributed by atoms with Crippen LogP contribution in [0.5, 0.6) is 0 Å². The van der Waals surface area contributed by atoms with Crippen LogP contribution in [0.25, 0.3) is 0 Å². The van der Waals surface area contributed by atoms with Gasteiger partial charge in [-0.05, 0) is 54.6 Å². The summed E-state index contributed by atoms with van der Waals surface area (Å²) in [5, 5.41) is 22.4. The van der Waals surface area contributed by atoms with Crippen LogP contribution in [0, 0.1) is 40.4 Å². The second-order valence-corrected chi connectivity index (χ2v) is 10.8. The molecule has 2 N–H and O–H groups in total. The standard InChI is InChI=1S/C25H31ClO6/c1-5-6-32-23(31)22(30)20-12(2)7-14-13-8-17(27)15-9-18(28)16(26)10-24(15,3)21(13)19(29)11-25(14,20)4/h8-10,12-14,19-21,27,29H,5-7,11H2,1-4H3/t12-,13+,14+,19+,20-,21-,24+,25+/m1/s1. The number of halogens is 1. The smallest absolute Gasteiger partial charge is 0.374 e. The fourth-order valence-corrected chi connectivity index (χ4v) is 7.56. The maximum atomic E-state index is 13.1. The number of allylic oxidation sites excluding steroid dienone is 5. The molecule has 0 heterocycles. The van der Waals surface area contributed by atoms with Crippen LogP contribution in [0.2, 0.25) is 0 Å². The fraction of sp³-hybridized carbons (Fsp3) is 0.640. The van der Waals surface area contributed by atoms with E-state index in [0.717, 1.165) is 0 Å². The van der Waals surface area contributed by atoms with Gasteiger partial charge in [0.1, 0.15) is 5.76 Å². The average Bonchev–Trinajstić information content (AvgIpc) is 2.97. The van der Waals surface area contributed by atoms with E-state index in [2.05, 4.69) is 0 Å². The minimum Gasteiger partial charge on any atom is -0.508 e. The Morgan fingerprint density at radius 1 is 1.31 bits per heavy atom. The third kappa shape index (κ3) is 3.21. The molecule has 0 unspecified atom stereocenters. The number of rotatable bonds is 4. The van der Waals surface area contributed by atoms with Crippen LogP contribution in [-0.4, -0.2) is 40.5 Å². The number of esters is 1. The molecule has 4 aliphatic rings. The van der Waals surface area contributed by atoms with Crippen LogP contribution in [-0.2, 0) is 19.1 Å². The Morgan fingerprint density at radius 2 is 2.00 bits per heavy atom. The number of aliphatic hydroxyl groups excluding tert-OH is 2. The zero-order valence-electron chi connectivity index (χ0n) is 18.9. The molecule has 32 heavy (non-hydrogen) atoms. The largest absolute Gasteiger partial charge is 0.508 e. The van der Waals surface area contributed by atoms with Crippen LogP contribution in [0.15, 0.2) is 34.6 Å². The SMILES string of the molecule is CCCOC(=O)C(=O)[C@H]1[C@H](C)C[C@H]2[C@@H]3C=C(O)C4=CC(=O)C(Cl)=C[C@]4(C)[C@H]3[C@@H](O)C[C@@]21C. The summed E-state index contributed by atoms with van der Waals surface area (Å²) in [6.07, 6.45) is 5.62. The molecule has 0 amide bonds. The first-order valence-corrected chi connectivity index (χ1v) is 11.8. The molecule has 0 saturated heterocycles. The van der Waals surface area contributed by atoms with Gasteiger partial charge in [0.15, 0.2) is 5.78 Å². The molecule has 0 aliphatic heterocycles. The molecular formula is C25H31ClO6. The van der Waals surface area contributed by atoms with Gasteiger partial charge in [-0.2, -0.15) is 0 Å². The first kappa shape index (κ1) is 23.2. The predicted octanol–water partition coefficient (Wildman–Crippen LogP) is 3.88. The van der Waals surface area contributed by atoms with Crippen molar-refractivity contribution >= 4 is 29.1 Å². The maximum Gasteiger partial charge on any atom is 0.374 e. The van der Waals surface area contributed by atoms with Gasteiger partial charge >= 0.3 is 5.97 Å². The number of carbonyl (C=O) groups is 3. The van der Waals surface area contributed by atoms with E-state index in [0.29, 0.717) is 24.8 Å². The summed E-state index contributed by atoms with van der Waals surface area (Å²) >= 11 is 6.19. The van der Waals surface area contributed by atoms with Gasteiger partial charge in [-0.3, -0.25) is 9.59 Å². The minimum absolute atomic E-state index is 0.0174. The second-order valence-electron chi connectivity index (χ2n) is 10.4. The molecule has 0 radical (unpaired) electrons. The van der Waals surface area contributed by atoms with Crippen molar-refractivity contribution in [3.63, 3.8) is 0 Å². The number of hydrogen-bond donors (Lipinski definition) is 2. The van der Waals surface area contributed by atoms with Crippen molar-refractivity contribution in [2.24, 2.45) is 40.4 Å². The van der Waals surface area contributed by atoms with Gasteiger partial charge in [-0.1, -0.05) is 45.4 Å². The molecular weight excluding hydrogens is 432 g/mol. The molecule has 0 bridgehead atoms. The zero-order chi connectivity index (χ0) is 23.6. The second kappa shape index (κ2) is 7.84. The van der Waals surface area contributed by atoms with Gasteiger partial charge in [0.05, 0.1) is 17.7 Å². The highest BCUT2D eigenvalue weighted by Crippen LogP contribution is 2.66. The van der Waals surface area contributed by atoms with Crippen molar-refractivity contribution in [1.29, 1.82) is 0 Å². The minimum atomic E-state index is -0.805. The van der Waals surface area contributed by atoms with Crippen LogP contribution >= 0.6 is 11.6 Å². The van der Waals surface area contributed by atoms with E-state index in [-0.39, 0.29) is 46.9 Å². The van der Waals surface area contributed by atoms with Gasteiger partial charge < -0.3 is 14.9 Å². The normalized spacial score (nSPS) is 42.7. The summed E-state index contributed by atoms with van der Waals surface area (Å²) in [7, 11) is 0. The molecule has 0 aromatic rings. The van der Waals surface area contributed by atoms with Gasteiger partial charge in [0, 0.05) is 22.8 Å². The molecule has 174 valence electrons. The lowest BCUT2D eigenvalue weighted by molar-refractivity contribution is -0.160. The molecule has 0 aromatic heterocycles. The molecule has 2 saturated carbocycles. The summed E-state index contributed by atoms with van der Waals surface area (Å²) in [6, 6.07) is 0. The van der Waals surface area contributed by atoms with Crippen molar-refractivity contribution in [2.75, 3.05) is 6.61 Å². The van der Waals surface area contributed by atoms with Crippen molar-refractivity contribution in [2.45, 2.75) is 53.1 Å². The van der Waals surface area contributed by atoms with Crippen LogP contribution in [0.4, 0.5) is 0 Å². The van der Waals surface area contributed by atoms with Crippen molar-refractivity contribution < 1.29 is 29.3 Å². The quantitative estimate of drug-likeness (QED) is 0.485. The highest BCUT2D eigenvalue weighted by molar-refractivity contribution is 6.44. The summed E-state index contributed by atoms with van der Waals surface area (Å²) in [6.45, 7) is 7.91. The molecule has 2 fully saturated rings. The Morgan fingerprint density at radius 3 is 2.66 bits per heavy atom. The molecule has 8 atom stereocenters. The first-order valence-electron chi connectivity index (χ1n) is 11.4. The summed E-state index contributed by atoms with van der Waals surface area (Å²) in [5.41, 5.74) is -0.951. The number of ether oxygens (including phenoxy) is 1. The monoisotopic (exact) mass is 462 g/mol. The molecule has 0 aromatic carbocycles. The van der Waals surface area contributed by atoms with Gasteiger partial charge in [-0.25, -0.2) is 4.79 Å². The molecule has 4 rings (SSSR count). The summed E-state index contributed by atoms with van der Waals surface area (Å²) in [4.78, 5) is 37.7. The Labute approximate surface area is 193 Å². The van der Waals surface area contributed by atoms with Crippen molar-refractivity contribution in [3.05, 3.63) is 34.6 Å². The molecule has 0 spiro atoms. The average molecular weight is 463 g/mol. The van der Waals surface area contributed by atoms with E-state index in [9.17, 15) is 24.6 Å². The van der Waals surface area contributed by atoms with Crippen LogP contribution < -0.4 is 0 Å². The Bertz CT molecular complexity index is 963. The zero-order valence-corrected chi connectivity index (χ0v) is 19.7. The predicted molar refractivity (Wildman–Crippen MR) is 119 cm³/mol. The number of ketones is 2. The lowest BCUT2D eigenvalue weighted by Crippen LogP contribution is -2.56. The molecule has 6 nitrogen and oxygen atoms in total. The summed E-state index contributed by atoms with van der Waals surface area (Å²) in [5.74, 6) is -2.86. The van der Waals surface area contributed by atoms with E-state index in [1.54, 1.807) is 12.2 Å². The van der Waals surface area contributed by atoms with Crippen molar-refractivity contribution in [3.8, 4) is 0 Å². The first-order chi connectivity index (χ1) is 15.0. The Hall–Kier alpha value is -1.92. The third-order valence-electron chi connectivity index (χ3n) is 8.45. The third-order valence-corrected chi connectivity index (χ3v) is 8.75. The Balaban J connectivity index is 1.75. The van der Waals surface area contributed by atoms with Crippen molar-refractivity contribution in [1.82, 2.24) is 0 Å². The van der Waals surface area contributed by atoms with E-state index in [4.69, 9.17) is 16.3 Å². The lowest BCUT2D eigenvalue weighted by atomic mass is 9.48. The van der Waals surface area contributed by atoms with E-state index in [1.165, 1.54) is 6.08 Å². The topological polar surface area (TPSA) is 101 Å². The van der Waals surface area contributed by atoms with E-state index >= 15 is 0 Å². The number of Topliss-reactive ketones (excluding diaryl/α,β-unsaturated/α-hetero) is 1. The van der Waals surface area contributed by atoms with Crippen LogP contribution in [0.3, 0.4) is 0 Å². The Kier molecular flexibility index (Phi) is 5.70. The fourth-order valence-electron chi connectivity index (χ4n) is 7.28. The number of hydrogen-bond acceptors (Lipinski definition) is 6. The van der Waals surface area contributed by atoms with Gasteiger partial charge in [0.25, 0.3) is 0 Å². The highest BCUT2D eigenvalue weighted by Gasteiger charge is 2.65. The lowest BCUT2D eigenvalue weighted by Gasteiger charge is -2.57. The van der Waals surface area contributed by atoms with E-state index < -0.39 is 34.6 Å².